The molecule has 3 N–H and O–H groups in total. The number of anilines is 2. The molecule has 236 valence electrons. The van der Waals surface area contributed by atoms with Crippen molar-refractivity contribution < 1.29 is 54.5 Å². The van der Waals surface area contributed by atoms with E-state index in [0.717, 1.165) is 16.9 Å². The van der Waals surface area contributed by atoms with Gasteiger partial charge in [-0.05, 0) is 63.0 Å². The Labute approximate surface area is 252 Å². The van der Waals surface area contributed by atoms with Crippen LogP contribution in [0.25, 0.3) is 0 Å². The molecule has 0 aliphatic carbocycles. The number of para-hydroxylation sites is 3. The molecule has 0 aliphatic rings. The summed E-state index contributed by atoms with van der Waals surface area (Å²) in [4.78, 5) is 11.9. The van der Waals surface area contributed by atoms with Gasteiger partial charge >= 0.3 is 0 Å². The molecular formula is C31H43N2O10+. The highest BCUT2D eigenvalue weighted by molar-refractivity contribution is 5.62. The van der Waals surface area contributed by atoms with Crippen molar-refractivity contribution in [2.45, 2.75) is 19.4 Å². The number of aliphatic hydroxyl groups is 2. The summed E-state index contributed by atoms with van der Waals surface area (Å²) in [5, 5.41) is 47.5. The molecule has 2 unspecified atom stereocenters. The number of rotatable bonds is 23. The highest BCUT2D eigenvalue weighted by atomic mass is 17.8. The minimum Gasteiger partial charge on any atom is -0.508 e. The van der Waals surface area contributed by atoms with E-state index in [4.69, 9.17) is 14.5 Å². The molecule has 0 saturated heterocycles. The summed E-state index contributed by atoms with van der Waals surface area (Å²) in [5.41, 5.74) is 2.82. The zero-order valence-electron chi connectivity index (χ0n) is 24.5. The van der Waals surface area contributed by atoms with E-state index in [9.17, 15) is 15.3 Å². The molecule has 12 heteroatoms. The first-order valence-electron chi connectivity index (χ1n) is 14.3. The number of hydrogen-bond donors (Lipinski definition) is 3. The van der Waals surface area contributed by atoms with Gasteiger partial charge in [-0.1, -0.05) is 54.6 Å². The van der Waals surface area contributed by atoms with Crippen LogP contribution in [0, 0.1) is 0 Å². The predicted molar refractivity (Wildman–Crippen MR) is 157 cm³/mol. The average molecular weight is 604 g/mol. The van der Waals surface area contributed by atoms with Crippen LogP contribution in [-0.4, -0.2) is 91.7 Å². The number of nitrogens with zero attached hydrogens (tertiary/aromatic N) is 2. The van der Waals surface area contributed by atoms with Gasteiger partial charge in [-0.2, -0.15) is 0 Å². The molecular weight excluding hydrogens is 560 g/mol. The third-order valence-corrected chi connectivity index (χ3v) is 6.81. The van der Waals surface area contributed by atoms with Gasteiger partial charge in [-0.15, -0.1) is 0 Å². The maximum Gasteiger partial charge on any atom is 0.118 e. The molecule has 0 heterocycles. The maximum absolute atomic E-state index is 10.1. The lowest BCUT2D eigenvalue weighted by atomic mass is 10.1. The first-order chi connectivity index (χ1) is 21.0. The number of phenolic OH excluding ortho intramolecular Hbond substituents is 1. The van der Waals surface area contributed by atoms with Crippen molar-refractivity contribution >= 4 is 11.4 Å². The predicted octanol–water partition coefficient (Wildman–Crippen LogP) is 3.65. The number of aliphatic hydroxyl groups excluding tert-OH is 2. The minimum absolute atomic E-state index is 0.0358. The molecule has 3 aromatic rings. The van der Waals surface area contributed by atoms with Crippen LogP contribution in [0.3, 0.4) is 0 Å². The van der Waals surface area contributed by atoms with Gasteiger partial charge in [0.2, 0.25) is 0 Å². The zero-order valence-corrected chi connectivity index (χ0v) is 24.5. The van der Waals surface area contributed by atoms with E-state index in [1.165, 1.54) is 0 Å². The van der Waals surface area contributed by atoms with Gasteiger partial charge in [0.1, 0.15) is 44.7 Å². The number of aromatic hydroxyl groups is 1. The Kier molecular flexibility index (Phi) is 15.9. The Morgan fingerprint density at radius 2 is 1.30 bits per heavy atom. The van der Waals surface area contributed by atoms with E-state index in [2.05, 4.69) is 25.1 Å². The zero-order chi connectivity index (χ0) is 30.6. The van der Waals surface area contributed by atoms with E-state index in [1.54, 1.807) is 19.1 Å². The van der Waals surface area contributed by atoms with Crippen molar-refractivity contribution in [1.29, 1.82) is 0 Å². The van der Waals surface area contributed by atoms with Crippen molar-refractivity contribution in [3.63, 3.8) is 0 Å². The van der Waals surface area contributed by atoms with Gasteiger partial charge < -0.3 is 29.4 Å². The largest absolute Gasteiger partial charge is 0.508 e. The van der Waals surface area contributed by atoms with E-state index in [-0.39, 0.29) is 32.2 Å². The second-order valence-electron chi connectivity index (χ2n) is 10.00. The van der Waals surface area contributed by atoms with Gasteiger partial charge in [-0.3, -0.25) is 0 Å². The summed E-state index contributed by atoms with van der Waals surface area (Å²) in [6.45, 7) is 5.00. The monoisotopic (exact) mass is 603 g/mol. The second kappa shape index (κ2) is 19.9. The van der Waals surface area contributed by atoms with Crippen molar-refractivity contribution in [2.24, 2.45) is 0 Å². The Hall–Kier alpha value is -3.14. The van der Waals surface area contributed by atoms with Gasteiger partial charge in [0.15, 0.2) is 0 Å². The fourth-order valence-corrected chi connectivity index (χ4v) is 4.80. The summed E-state index contributed by atoms with van der Waals surface area (Å²) in [6, 6.07) is 26.9. The lowest BCUT2D eigenvalue weighted by molar-refractivity contribution is -0.931. The molecule has 2 atom stereocenters. The number of ether oxygens (including phenoxy) is 1. The first kappa shape index (κ1) is 34.4. The van der Waals surface area contributed by atoms with Gasteiger partial charge in [0.05, 0.1) is 26.4 Å². The van der Waals surface area contributed by atoms with Crippen LogP contribution in [0.5, 0.6) is 5.75 Å². The fourth-order valence-electron chi connectivity index (χ4n) is 4.80. The van der Waals surface area contributed by atoms with Crippen LogP contribution in [-0.2, 0) is 41.1 Å². The summed E-state index contributed by atoms with van der Waals surface area (Å²) >= 11 is 0. The van der Waals surface area contributed by atoms with Gasteiger partial charge in [0, 0.05) is 24.3 Å². The fraction of sp³-hybridized carbons (Fsp3) is 0.419. The van der Waals surface area contributed by atoms with Crippen LogP contribution >= 0.6 is 0 Å². The van der Waals surface area contributed by atoms with E-state index in [1.807, 2.05) is 72.8 Å². The van der Waals surface area contributed by atoms with Crippen molar-refractivity contribution in [1.82, 2.24) is 0 Å². The number of benzene rings is 3. The standard InChI is InChI=1S/C31H42N2O10/c1-27(35)26-33(19-21-34,18-16-28-10-8-9-15-31(28)36)20-23-37-24-25-39-41-43-42-40-38-22-17-32(29-11-4-2-5-12-29)30-13-6-3-7-14-30/h2-15,27,34-35H,16-26H2,1H3/p+1. The molecule has 0 aromatic heterocycles. The Morgan fingerprint density at radius 3 is 1.91 bits per heavy atom. The average Bonchev–Trinajstić information content (AvgIpc) is 3.01. The van der Waals surface area contributed by atoms with Crippen LogP contribution in [0.4, 0.5) is 11.4 Å². The third-order valence-electron chi connectivity index (χ3n) is 6.81. The topological polar surface area (TPSA) is 129 Å². The van der Waals surface area contributed by atoms with Crippen molar-refractivity contribution in [2.75, 3.05) is 70.7 Å². The molecule has 0 radical (unpaired) electrons. The number of hydrogen-bond acceptors (Lipinski definition) is 11. The molecule has 3 aromatic carbocycles. The summed E-state index contributed by atoms with van der Waals surface area (Å²) in [6.07, 6.45) is 0.0280. The Morgan fingerprint density at radius 1 is 0.698 bits per heavy atom. The van der Waals surface area contributed by atoms with E-state index < -0.39 is 6.10 Å². The summed E-state index contributed by atoms with van der Waals surface area (Å²) in [7, 11) is 0. The van der Waals surface area contributed by atoms with Gasteiger partial charge in [0.25, 0.3) is 0 Å². The molecule has 0 spiro atoms. The second-order valence-corrected chi connectivity index (χ2v) is 10.00. The Balaban J connectivity index is 1.27. The van der Waals surface area contributed by atoms with E-state index >= 15 is 0 Å². The minimum atomic E-state index is -0.567. The third kappa shape index (κ3) is 12.9. The van der Waals surface area contributed by atoms with Gasteiger partial charge in [-0.25, -0.2) is 9.78 Å². The summed E-state index contributed by atoms with van der Waals surface area (Å²) in [5.74, 6) is 0.232. The van der Waals surface area contributed by atoms with E-state index in [0.29, 0.717) is 50.2 Å². The normalized spacial score (nSPS) is 13.5. The molecule has 43 heavy (non-hydrogen) atoms. The van der Waals surface area contributed by atoms with Crippen LogP contribution < -0.4 is 4.90 Å². The SMILES string of the molecule is CC(O)C[N+](CCO)(CCOCCOOOOOOCCN(c1ccccc1)c1ccccc1)CCc1ccccc1O. The smallest absolute Gasteiger partial charge is 0.118 e. The highest BCUT2D eigenvalue weighted by Crippen LogP contribution is 2.24. The lowest BCUT2D eigenvalue weighted by Gasteiger charge is -2.39. The van der Waals surface area contributed by atoms with Crippen LogP contribution in [0.2, 0.25) is 0 Å². The van der Waals surface area contributed by atoms with Crippen molar-refractivity contribution in [3.8, 4) is 5.75 Å². The molecule has 0 bridgehead atoms. The molecule has 0 amide bonds. The maximum atomic E-state index is 10.1. The quantitative estimate of drug-likeness (QED) is 0.0636. The molecule has 0 fully saturated rings. The van der Waals surface area contributed by atoms with Crippen molar-refractivity contribution in [3.05, 3.63) is 90.5 Å². The molecule has 0 saturated carbocycles. The number of phenols is 1. The first-order valence-corrected chi connectivity index (χ1v) is 14.3. The Bertz CT molecular complexity index is 1090. The highest BCUT2D eigenvalue weighted by Gasteiger charge is 2.29. The molecule has 0 aliphatic heterocycles. The molecule has 3 rings (SSSR count). The number of quaternary nitrogens is 1. The molecule has 12 nitrogen and oxygen atoms in total. The van der Waals surface area contributed by atoms with Crippen LogP contribution in [0.1, 0.15) is 12.5 Å². The summed E-state index contributed by atoms with van der Waals surface area (Å²) < 4.78 is 6.09. The lowest BCUT2D eigenvalue weighted by Crippen LogP contribution is -2.56. The van der Waals surface area contributed by atoms with Crippen LogP contribution in [0.15, 0.2) is 84.9 Å².